The maximum atomic E-state index is 11.0. The summed E-state index contributed by atoms with van der Waals surface area (Å²) in [5, 5.41) is -0.457. The molecule has 0 fully saturated rings. The van der Waals surface area contributed by atoms with E-state index in [1.807, 2.05) is 32.9 Å². The predicted octanol–water partition coefficient (Wildman–Crippen LogP) is 3.51. The number of benzene rings is 1. The molecule has 0 bridgehead atoms. The van der Waals surface area contributed by atoms with E-state index in [0.29, 0.717) is 5.56 Å². The van der Waals surface area contributed by atoms with E-state index in [-0.39, 0.29) is 5.92 Å². The average Bonchev–Trinajstić information content (AvgIpc) is 2.34. The third kappa shape index (κ3) is 4.85. The minimum Gasteiger partial charge on any atom is -0.443 e. The number of ether oxygens (including phenoxy) is 1. The minimum absolute atomic E-state index is 0.157. The first-order valence-electron chi connectivity index (χ1n) is 6.49. The van der Waals surface area contributed by atoms with Crippen LogP contribution in [0.3, 0.4) is 0 Å². The van der Waals surface area contributed by atoms with Crippen molar-refractivity contribution in [2.75, 3.05) is 0 Å². The molecule has 1 rings (SSSR count). The molecule has 0 aliphatic heterocycles. The van der Waals surface area contributed by atoms with Gasteiger partial charge in [0.05, 0.1) is 0 Å². The van der Waals surface area contributed by atoms with Crippen LogP contribution in [0.25, 0.3) is 0 Å². The molecule has 1 amide bonds. The van der Waals surface area contributed by atoms with E-state index >= 15 is 0 Å². The van der Waals surface area contributed by atoms with Crippen LogP contribution in [0.15, 0.2) is 24.3 Å². The second kappa shape index (κ2) is 6.75. The van der Waals surface area contributed by atoms with Gasteiger partial charge in [-0.1, -0.05) is 19.1 Å². The van der Waals surface area contributed by atoms with Crippen LogP contribution in [0.5, 0.6) is 0 Å². The van der Waals surface area contributed by atoms with Crippen molar-refractivity contribution in [2.45, 2.75) is 39.2 Å². The summed E-state index contributed by atoms with van der Waals surface area (Å²) in [6.45, 7) is 5.70. The van der Waals surface area contributed by atoms with Crippen LogP contribution in [0.4, 0.5) is 4.79 Å². The Kier molecular flexibility index (Phi) is 5.57. The molecule has 0 aliphatic rings. The Labute approximate surface area is 124 Å². The fourth-order valence-corrected chi connectivity index (χ4v) is 2.02. The SMILES string of the molecule is CC(CCc1ccc(C(=O)Cl)cc1)C(C)(C)OC(N)=O. The van der Waals surface area contributed by atoms with Crippen molar-refractivity contribution in [3.63, 3.8) is 0 Å². The van der Waals surface area contributed by atoms with Crippen molar-refractivity contribution in [1.82, 2.24) is 0 Å². The third-order valence-electron chi connectivity index (χ3n) is 3.60. The molecule has 5 heteroatoms. The number of halogens is 1. The van der Waals surface area contributed by atoms with Gasteiger partial charge in [-0.05, 0) is 61.9 Å². The molecule has 0 saturated heterocycles. The average molecular weight is 298 g/mol. The van der Waals surface area contributed by atoms with E-state index in [0.717, 1.165) is 18.4 Å². The number of hydrogen-bond donors (Lipinski definition) is 1. The molecule has 0 spiro atoms. The zero-order valence-electron chi connectivity index (χ0n) is 12.0. The minimum atomic E-state index is -0.758. The van der Waals surface area contributed by atoms with Crippen LogP contribution < -0.4 is 5.73 Å². The summed E-state index contributed by atoms with van der Waals surface area (Å²) in [5.41, 5.74) is 6.06. The smallest absolute Gasteiger partial charge is 0.405 e. The molecule has 110 valence electrons. The monoisotopic (exact) mass is 297 g/mol. The standard InChI is InChI=1S/C15H20ClNO3/c1-10(15(2,3)20-14(17)19)4-5-11-6-8-12(9-7-11)13(16)18/h6-10H,4-5H2,1-3H3,(H2,17,19). The van der Waals surface area contributed by atoms with E-state index in [2.05, 4.69) is 0 Å². The maximum Gasteiger partial charge on any atom is 0.405 e. The molecule has 0 saturated carbocycles. The highest BCUT2D eigenvalue weighted by Gasteiger charge is 2.28. The summed E-state index contributed by atoms with van der Waals surface area (Å²) in [4.78, 5) is 21.8. The lowest BCUT2D eigenvalue weighted by molar-refractivity contribution is 0.00211. The summed E-state index contributed by atoms with van der Waals surface area (Å²) >= 11 is 5.39. The van der Waals surface area contributed by atoms with Crippen LogP contribution in [-0.2, 0) is 11.2 Å². The lowest BCUT2D eigenvalue weighted by Crippen LogP contribution is -2.37. The van der Waals surface area contributed by atoms with Crippen molar-refractivity contribution >= 4 is 22.9 Å². The summed E-state index contributed by atoms with van der Waals surface area (Å²) in [6, 6.07) is 7.18. The van der Waals surface area contributed by atoms with E-state index in [4.69, 9.17) is 22.1 Å². The largest absolute Gasteiger partial charge is 0.443 e. The second-order valence-electron chi connectivity index (χ2n) is 5.43. The number of rotatable bonds is 6. The number of aryl methyl sites for hydroxylation is 1. The van der Waals surface area contributed by atoms with Crippen molar-refractivity contribution in [3.05, 3.63) is 35.4 Å². The summed E-state index contributed by atoms with van der Waals surface area (Å²) in [6.07, 6.45) is 0.907. The van der Waals surface area contributed by atoms with Gasteiger partial charge in [-0.2, -0.15) is 0 Å². The number of nitrogens with two attached hydrogens (primary N) is 1. The van der Waals surface area contributed by atoms with Gasteiger partial charge in [0.1, 0.15) is 5.60 Å². The van der Waals surface area contributed by atoms with Crippen LogP contribution >= 0.6 is 11.6 Å². The number of primary amides is 1. The van der Waals surface area contributed by atoms with Gasteiger partial charge in [0, 0.05) is 5.56 Å². The number of carbonyl (C=O) groups excluding carboxylic acids is 2. The first kappa shape index (κ1) is 16.5. The second-order valence-corrected chi connectivity index (χ2v) is 5.78. The molecular formula is C15H20ClNO3. The molecule has 1 aromatic rings. The van der Waals surface area contributed by atoms with Gasteiger partial charge < -0.3 is 10.5 Å². The summed E-state index contributed by atoms with van der Waals surface area (Å²) in [7, 11) is 0. The van der Waals surface area contributed by atoms with Gasteiger partial charge in [-0.3, -0.25) is 4.79 Å². The number of amides is 1. The fraction of sp³-hybridized carbons (Fsp3) is 0.467. The first-order chi connectivity index (χ1) is 9.22. The van der Waals surface area contributed by atoms with Crippen LogP contribution in [0.1, 0.15) is 43.1 Å². The van der Waals surface area contributed by atoms with Gasteiger partial charge in [0.15, 0.2) is 0 Å². The van der Waals surface area contributed by atoms with Crippen molar-refractivity contribution in [1.29, 1.82) is 0 Å². The zero-order chi connectivity index (χ0) is 15.3. The molecule has 4 nitrogen and oxygen atoms in total. The normalized spacial score (nSPS) is 12.8. The Morgan fingerprint density at radius 1 is 1.30 bits per heavy atom. The number of hydrogen-bond acceptors (Lipinski definition) is 3. The van der Waals surface area contributed by atoms with E-state index in [1.54, 1.807) is 12.1 Å². The lowest BCUT2D eigenvalue weighted by atomic mass is 9.87. The van der Waals surface area contributed by atoms with Gasteiger partial charge in [-0.25, -0.2) is 4.79 Å². The highest BCUT2D eigenvalue weighted by molar-refractivity contribution is 6.67. The molecule has 20 heavy (non-hydrogen) atoms. The van der Waals surface area contributed by atoms with Gasteiger partial charge in [-0.15, -0.1) is 0 Å². The molecule has 1 atom stereocenters. The highest BCUT2D eigenvalue weighted by Crippen LogP contribution is 2.25. The van der Waals surface area contributed by atoms with E-state index in [9.17, 15) is 9.59 Å². The number of carbonyl (C=O) groups is 2. The van der Waals surface area contributed by atoms with Crippen molar-refractivity contribution in [2.24, 2.45) is 11.7 Å². The molecule has 0 heterocycles. The Morgan fingerprint density at radius 3 is 2.30 bits per heavy atom. The Morgan fingerprint density at radius 2 is 1.85 bits per heavy atom. The van der Waals surface area contributed by atoms with Crippen molar-refractivity contribution in [3.8, 4) is 0 Å². The van der Waals surface area contributed by atoms with Gasteiger partial charge >= 0.3 is 6.09 Å². The summed E-state index contributed by atoms with van der Waals surface area (Å²) in [5.74, 6) is 0.157. The van der Waals surface area contributed by atoms with Crippen LogP contribution in [0.2, 0.25) is 0 Å². The van der Waals surface area contributed by atoms with E-state index < -0.39 is 16.9 Å². The fourth-order valence-electron chi connectivity index (χ4n) is 1.89. The third-order valence-corrected chi connectivity index (χ3v) is 3.82. The Hall–Kier alpha value is -1.55. The van der Waals surface area contributed by atoms with Crippen LogP contribution in [-0.4, -0.2) is 16.9 Å². The first-order valence-corrected chi connectivity index (χ1v) is 6.87. The zero-order valence-corrected chi connectivity index (χ0v) is 12.7. The maximum absolute atomic E-state index is 11.0. The molecule has 1 unspecified atom stereocenters. The Bertz CT molecular complexity index is 482. The molecule has 0 radical (unpaired) electrons. The Balaban J connectivity index is 2.58. The summed E-state index contributed by atoms with van der Waals surface area (Å²) < 4.78 is 5.12. The van der Waals surface area contributed by atoms with Gasteiger partial charge in [0.2, 0.25) is 0 Å². The molecular weight excluding hydrogens is 278 g/mol. The topological polar surface area (TPSA) is 69.4 Å². The molecule has 1 aromatic carbocycles. The quantitative estimate of drug-likeness (QED) is 0.817. The highest BCUT2D eigenvalue weighted by atomic mass is 35.5. The molecule has 0 aromatic heterocycles. The molecule has 0 aliphatic carbocycles. The molecule has 2 N–H and O–H groups in total. The lowest BCUT2D eigenvalue weighted by Gasteiger charge is -2.30. The predicted molar refractivity (Wildman–Crippen MR) is 78.9 cm³/mol. The van der Waals surface area contributed by atoms with Gasteiger partial charge in [0.25, 0.3) is 5.24 Å². The van der Waals surface area contributed by atoms with Crippen molar-refractivity contribution < 1.29 is 14.3 Å². The van der Waals surface area contributed by atoms with E-state index in [1.165, 1.54) is 0 Å². The van der Waals surface area contributed by atoms with Crippen LogP contribution in [0, 0.1) is 5.92 Å².